The van der Waals surface area contributed by atoms with Crippen molar-refractivity contribution in [2.45, 2.75) is 51.6 Å². The van der Waals surface area contributed by atoms with E-state index in [-0.39, 0.29) is 11.9 Å². The van der Waals surface area contributed by atoms with Gasteiger partial charge in [0, 0.05) is 50.4 Å². The minimum atomic E-state index is 0.207. The van der Waals surface area contributed by atoms with E-state index in [0.717, 1.165) is 38.3 Å². The molecular formula is C17H25N5O. The van der Waals surface area contributed by atoms with Crippen LogP contribution >= 0.6 is 0 Å². The lowest BCUT2D eigenvalue weighted by atomic mass is 9.95. The summed E-state index contributed by atoms with van der Waals surface area (Å²) in [5.74, 6) is 1.74. The summed E-state index contributed by atoms with van der Waals surface area (Å²) in [6, 6.07) is 4.20. The van der Waals surface area contributed by atoms with Crippen LogP contribution in [0.25, 0.3) is 0 Å². The second kappa shape index (κ2) is 6.98. The smallest absolute Gasteiger partial charge is 0.224 e. The number of rotatable bonds is 5. The molecule has 1 saturated heterocycles. The molecule has 1 amide bonds. The zero-order valence-corrected chi connectivity index (χ0v) is 13.9. The molecule has 2 aromatic heterocycles. The Hall–Kier alpha value is -2.11. The third-order valence-electron chi connectivity index (χ3n) is 4.81. The first-order valence-corrected chi connectivity index (χ1v) is 8.47. The Morgan fingerprint density at radius 1 is 1.30 bits per heavy atom. The summed E-state index contributed by atoms with van der Waals surface area (Å²) >= 11 is 0. The van der Waals surface area contributed by atoms with Gasteiger partial charge in [-0.2, -0.15) is 0 Å². The van der Waals surface area contributed by atoms with Gasteiger partial charge in [-0.25, -0.2) is 0 Å². The van der Waals surface area contributed by atoms with E-state index in [1.165, 1.54) is 0 Å². The molecular weight excluding hydrogens is 290 g/mol. The van der Waals surface area contributed by atoms with Crippen LogP contribution in [0.1, 0.15) is 50.9 Å². The topological polar surface area (TPSA) is 56.0 Å². The summed E-state index contributed by atoms with van der Waals surface area (Å²) < 4.78 is 4.20. The number of nitrogens with zero attached hydrogens (tertiary/aromatic N) is 5. The predicted molar refractivity (Wildman–Crippen MR) is 88.0 cm³/mol. The van der Waals surface area contributed by atoms with Crippen LogP contribution in [0.15, 0.2) is 30.9 Å². The highest BCUT2D eigenvalue weighted by molar-refractivity contribution is 5.76. The lowest BCUT2D eigenvalue weighted by molar-refractivity contribution is -0.133. The van der Waals surface area contributed by atoms with Crippen molar-refractivity contribution in [1.29, 1.82) is 0 Å². The Balaban J connectivity index is 1.53. The third kappa shape index (κ3) is 3.46. The summed E-state index contributed by atoms with van der Waals surface area (Å²) in [7, 11) is 0. The van der Waals surface area contributed by atoms with Crippen molar-refractivity contribution < 1.29 is 4.79 Å². The number of carbonyl (C=O) groups is 1. The fourth-order valence-electron chi connectivity index (χ4n) is 3.34. The van der Waals surface area contributed by atoms with Crippen molar-refractivity contribution in [3.63, 3.8) is 0 Å². The Morgan fingerprint density at radius 3 is 2.65 bits per heavy atom. The van der Waals surface area contributed by atoms with E-state index in [9.17, 15) is 4.79 Å². The zero-order chi connectivity index (χ0) is 16.2. The maximum Gasteiger partial charge on any atom is 0.224 e. The minimum Gasteiger partial charge on any atom is -0.351 e. The number of aromatic nitrogens is 4. The summed E-state index contributed by atoms with van der Waals surface area (Å²) in [5, 5.41) is 8.29. The van der Waals surface area contributed by atoms with Crippen LogP contribution in [0, 0.1) is 0 Å². The molecule has 23 heavy (non-hydrogen) atoms. The first-order chi connectivity index (χ1) is 11.2. The van der Waals surface area contributed by atoms with Crippen LogP contribution in [-0.4, -0.2) is 43.2 Å². The normalized spacial score (nSPS) is 17.4. The SMILES string of the molecule is CCn1cnnc1C1CCN(C(=O)C[C@@H](C)n2cccc2)CC1. The van der Waals surface area contributed by atoms with Crippen molar-refractivity contribution in [3.8, 4) is 0 Å². The highest BCUT2D eigenvalue weighted by Gasteiger charge is 2.27. The molecule has 6 nitrogen and oxygen atoms in total. The second-order valence-electron chi connectivity index (χ2n) is 6.31. The molecule has 124 valence electrons. The lowest BCUT2D eigenvalue weighted by Crippen LogP contribution is -2.39. The fraction of sp³-hybridized carbons (Fsp3) is 0.588. The lowest BCUT2D eigenvalue weighted by Gasteiger charge is -2.32. The van der Waals surface area contributed by atoms with Crippen molar-refractivity contribution in [3.05, 3.63) is 36.7 Å². The maximum atomic E-state index is 12.5. The molecule has 0 N–H and O–H groups in total. The first-order valence-electron chi connectivity index (χ1n) is 8.47. The first kappa shape index (κ1) is 15.8. The number of hydrogen-bond donors (Lipinski definition) is 0. The minimum absolute atomic E-state index is 0.207. The number of likely N-dealkylation sites (tertiary alicyclic amines) is 1. The molecule has 0 radical (unpaired) electrons. The van der Waals surface area contributed by atoms with Crippen LogP contribution in [0.3, 0.4) is 0 Å². The predicted octanol–water partition coefficient (Wildman–Crippen LogP) is 2.46. The Labute approximate surface area is 137 Å². The van der Waals surface area contributed by atoms with Crippen molar-refractivity contribution in [2.75, 3.05) is 13.1 Å². The van der Waals surface area contributed by atoms with E-state index >= 15 is 0 Å². The third-order valence-corrected chi connectivity index (χ3v) is 4.81. The van der Waals surface area contributed by atoms with Gasteiger partial charge >= 0.3 is 0 Å². The molecule has 1 aliphatic heterocycles. The number of amides is 1. The van der Waals surface area contributed by atoms with Gasteiger partial charge in [0.25, 0.3) is 0 Å². The van der Waals surface area contributed by atoms with E-state index in [1.807, 2.05) is 29.4 Å². The standard InChI is InChI=1S/C17H25N5O/c1-3-20-13-18-19-17(20)15-6-10-22(11-7-15)16(23)12-14(2)21-8-4-5-9-21/h4-5,8-9,13-15H,3,6-7,10-12H2,1-2H3/t14-/m1/s1. The molecule has 1 atom stereocenters. The molecule has 0 unspecified atom stereocenters. The molecule has 0 saturated carbocycles. The van der Waals surface area contributed by atoms with E-state index in [1.54, 1.807) is 6.33 Å². The molecule has 3 rings (SSSR count). The van der Waals surface area contributed by atoms with Crippen LogP contribution in [0.5, 0.6) is 0 Å². The maximum absolute atomic E-state index is 12.5. The molecule has 6 heteroatoms. The van der Waals surface area contributed by atoms with E-state index < -0.39 is 0 Å². The summed E-state index contributed by atoms with van der Waals surface area (Å²) in [5.41, 5.74) is 0. The number of aryl methyl sites for hydroxylation is 1. The fourth-order valence-corrected chi connectivity index (χ4v) is 3.34. The summed E-state index contributed by atoms with van der Waals surface area (Å²) in [4.78, 5) is 14.5. The number of hydrogen-bond acceptors (Lipinski definition) is 3. The van der Waals surface area contributed by atoms with Crippen LogP contribution < -0.4 is 0 Å². The van der Waals surface area contributed by atoms with Gasteiger partial charge in [-0.3, -0.25) is 4.79 Å². The molecule has 1 fully saturated rings. The largest absolute Gasteiger partial charge is 0.351 e. The van der Waals surface area contributed by atoms with Gasteiger partial charge in [0.05, 0.1) is 0 Å². The van der Waals surface area contributed by atoms with Gasteiger partial charge in [-0.15, -0.1) is 10.2 Å². The van der Waals surface area contributed by atoms with Crippen molar-refractivity contribution in [2.24, 2.45) is 0 Å². The van der Waals surface area contributed by atoms with Gasteiger partial charge in [0.15, 0.2) is 0 Å². The molecule has 1 aliphatic rings. The van der Waals surface area contributed by atoms with E-state index in [2.05, 4.69) is 33.2 Å². The molecule has 0 aliphatic carbocycles. The van der Waals surface area contributed by atoms with Crippen molar-refractivity contribution >= 4 is 5.91 Å². The highest BCUT2D eigenvalue weighted by atomic mass is 16.2. The van der Waals surface area contributed by atoms with Gasteiger partial charge in [0.1, 0.15) is 12.2 Å². The molecule has 0 aromatic carbocycles. The van der Waals surface area contributed by atoms with E-state index in [0.29, 0.717) is 12.3 Å². The Kier molecular flexibility index (Phi) is 4.79. The Bertz CT molecular complexity index is 625. The number of carbonyl (C=O) groups excluding carboxylic acids is 1. The van der Waals surface area contributed by atoms with Crippen molar-refractivity contribution in [1.82, 2.24) is 24.2 Å². The van der Waals surface area contributed by atoms with Crippen LogP contribution in [-0.2, 0) is 11.3 Å². The average Bonchev–Trinajstić information content (AvgIpc) is 3.26. The van der Waals surface area contributed by atoms with Gasteiger partial charge in [0.2, 0.25) is 5.91 Å². The van der Waals surface area contributed by atoms with Crippen LogP contribution in [0.2, 0.25) is 0 Å². The second-order valence-corrected chi connectivity index (χ2v) is 6.31. The highest BCUT2D eigenvalue weighted by Crippen LogP contribution is 2.27. The van der Waals surface area contributed by atoms with Gasteiger partial charge in [-0.05, 0) is 38.8 Å². The van der Waals surface area contributed by atoms with E-state index in [4.69, 9.17) is 0 Å². The quantitative estimate of drug-likeness (QED) is 0.851. The molecule has 2 aromatic rings. The Morgan fingerprint density at radius 2 is 2.00 bits per heavy atom. The summed E-state index contributed by atoms with van der Waals surface area (Å²) in [6.07, 6.45) is 8.34. The van der Waals surface area contributed by atoms with Gasteiger partial charge < -0.3 is 14.0 Å². The molecule has 0 bridgehead atoms. The van der Waals surface area contributed by atoms with Crippen LogP contribution in [0.4, 0.5) is 0 Å². The molecule has 0 spiro atoms. The molecule has 3 heterocycles. The van der Waals surface area contributed by atoms with Gasteiger partial charge in [-0.1, -0.05) is 0 Å². The monoisotopic (exact) mass is 315 g/mol. The average molecular weight is 315 g/mol. The zero-order valence-electron chi connectivity index (χ0n) is 13.9. The summed E-state index contributed by atoms with van der Waals surface area (Å²) in [6.45, 7) is 6.73. The number of piperidine rings is 1.